The number of hydrogen-bond acceptors (Lipinski definition) is 3. The Labute approximate surface area is 101 Å². The Morgan fingerprint density at radius 1 is 1.24 bits per heavy atom. The van der Waals surface area contributed by atoms with E-state index in [0.29, 0.717) is 5.56 Å². The summed E-state index contributed by atoms with van der Waals surface area (Å²) in [6.07, 6.45) is 0. The van der Waals surface area contributed by atoms with Gasteiger partial charge in [-0.15, -0.1) is 0 Å². The van der Waals surface area contributed by atoms with Crippen LogP contribution in [0.4, 0.5) is 0 Å². The third-order valence-electron chi connectivity index (χ3n) is 2.32. The molecule has 3 heteroatoms. The van der Waals surface area contributed by atoms with E-state index in [2.05, 4.69) is 0 Å². The molecule has 0 bridgehead atoms. The molecule has 0 aliphatic rings. The van der Waals surface area contributed by atoms with Gasteiger partial charge in [0.05, 0.1) is 0 Å². The van der Waals surface area contributed by atoms with Crippen LogP contribution < -0.4 is 0 Å². The second kappa shape index (κ2) is 4.84. The van der Waals surface area contributed by atoms with Gasteiger partial charge in [0.2, 0.25) is 5.78 Å². The third kappa shape index (κ3) is 2.94. The zero-order valence-corrected chi connectivity index (χ0v) is 10.2. The Morgan fingerprint density at radius 2 is 1.76 bits per heavy atom. The predicted molar refractivity (Wildman–Crippen MR) is 65.5 cm³/mol. The average molecular weight is 229 g/mol. The Morgan fingerprint density at radius 3 is 2.18 bits per heavy atom. The van der Waals surface area contributed by atoms with Gasteiger partial charge in [-0.2, -0.15) is 5.26 Å². The molecule has 0 saturated carbocycles. The monoisotopic (exact) mass is 229 g/mol. The van der Waals surface area contributed by atoms with Crippen molar-refractivity contribution in [1.29, 1.82) is 5.26 Å². The first-order valence-corrected chi connectivity index (χ1v) is 5.31. The largest absolute Gasteiger partial charge is 0.510 e. The van der Waals surface area contributed by atoms with Gasteiger partial charge in [0.1, 0.15) is 17.4 Å². The van der Waals surface area contributed by atoms with Crippen LogP contribution in [0.3, 0.4) is 0 Å². The maximum absolute atomic E-state index is 12.0. The van der Waals surface area contributed by atoms with Crippen molar-refractivity contribution in [2.24, 2.45) is 5.41 Å². The molecule has 0 fully saturated rings. The van der Waals surface area contributed by atoms with E-state index in [-0.39, 0.29) is 11.3 Å². The number of aliphatic hydroxyl groups excluding tert-OH is 1. The lowest BCUT2D eigenvalue weighted by Crippen LogP contribution is -2.15. The topological polar surface area (TPSA) is 61.1 Å². The van der Waals surface area contributed by atoms with E-state index in [0.717, 1.165) is 0 Å². The molecule has 17 heavy (non-hydrogen) atoms. The standard InChI is InChI=1S/C14H15NO2/c1-14(2,3)13(17)11(9-15)12(16)10-7-5-4-6-8-10/h4-8,17H,1-3H3. The summed E-state index contributed by atoms with van der Waals surface area (Å²) in [4.78, 5) is 12.0. The van der Waals surface area contributed by atoms with E-state index in [4.69, 9.17) is 5.26 Å². The van der Waals surface area contributed by atoms with Crippen molar-refractivity contribution in [3.63, 3.8) is 0 Å². The smallest absolute Gasteiger partial charge is 0.206 e. The summed E-state index contributed by atoms with van der Waals surface area (Å²) < 4.78 is 0. The highest BCUT2D eigenvalue weighted by atomic mass is 16.3. The molecule has 0 aromatic heterocycles. The van der Waals surface area contributed by atoms with Crippen molar-refractivity contribution >= 4 is 5.78 Å². The van der Waals surface area contributed by atoms with Crippen LogP contribution in [0, 0.1) is 16.7 Å². The number of Topliss-reactive ketones (excluding diaryl/α,β-unsaturated/α-hetero) is 1. The Bertz CT molecular complexity index is 487. The Hall–Kier alpha value is -2.08. The van der Waals surface area contributed by atoms with Crippen LogP contribution >= 0.6 is 0 Å². The molecular formula is C14H15NO2. The molecule has 1 rings (SSSR count). The fraction of sp³-hybridized carbons (Fsp3) is 0.286. The zero-order chi connectivity index (χ0) is 13.1. The number of nitriles is 1. The van der Waals surface area contributed by atoms with Gasteiger partial charge in [0.25, 0.3) is 0 Å². The molecule has 0 amide bonds. The minimum Gasteiger partial charge on any atom is -0.510 e. The second-order valence-electron chi connectivity index (χ2n) is 4.78. The van der Waals surface area contributed by atoms with Crippen molar-refractivity contribution in [3.05, 3.63) is 47.2 Å². The molecule has 0 aliphatic carbocycles. The van der Waals surface area contributed by atoms with Gasteiger partial charge in [-0.3, -0.25) is 4.79 Å². The summed E-state index contributed by atoms with van der Waals surface area (Å²) in [5.74, 6) is -0.616. The van der Waals surface area contributed by atoms with E-state index < -0.39 is 11.2 Å². The number of allylic oxidation sites excluding steroid dienone is 2. The molecule has 1 aromatic rings. The van der Waals surface area contributed by atoms with Crippen LogP contribution in [0.2, 0.25) is 0 Å². The fourth-order valence-corrected chi connectivity index (χ4v) is 1.32. The van der Waals surface area contributed by atoms with Crippen LogP contribution in [0.15, 0.2) is 41.7 Å². The molecule has 0 heterocycles. The molecule has 0 saturated heterocycles. The fourth-order valence-electron chi connectivity index (χ4n) is 1.32. The lowest BCUT2D eigenvalue weighted by atomic mass is 9.88. The van der Waals surface area contributed by atoms with E-state index in [1.54, 1.807) is 57.2 Å². The number of nitrogens with zero attached hydrogens (tertiary/aromatic N) is 1. The van der Waals surface area contributed by atoms with Crippen LogP contribution in [0.1, 0.15) is 31.1 Å². The van der Waals surface area contributed by atoms with Gasteiger partial charge in [-0.25, -0.2) is 0 Å². The number of carbonyl (C=O) groups excluding carboxylic acids is 1. The van der Waals surface area contributed by atoms with Gasteiger partial charge >= 0.3 is 0 Å². The van der Waals surface area contributed by atoms with Crippen LogP contribution in [-0.2, 0) is 0 Å². The highest BCUT2D eigenvalue weighted by molar-refractivity contribution is 6.11. The summed E-state index contributed by atoms with van der Waals surface area (Å²) in [6, 6.07) is 10.3. The molecule has 1 aromatic carbocycles. The number of rotatable bonds is 2. The van der Waals surface area contributed by atoms with E-state index in [9.17, 15) is 9.90 Å². The molecular weight excluding hydrogens is 214 g/mol. The zero-order valence-electron chi connectivity index (χ0n) is 10.2. The maximum Gasteiger partial charge on any atom is 0.206 e. The number of benzene rings is 1. The number of carbonyl (C=O) groups is 1. The minimum absolute atomic E-state index is 0.172. The highest BCUT2D eigenvalue weighted by Crippen LogP contribution is 2.26. The minimum atomic E-state index is -0.616. The van der Waals surface area contributed by atoms with Crippen molar-refractivity contribution < 1.29 is 9.90 Å². The number of ketones is 1. The number of hydrogen-bond donors (Lipinski definition) is 1. The van der Waals surface area contributed by atoms with Crippen LogP contribution in [0.5, 0.6) is 0 Å². The van der Waals surface area contributed by atoms with E-state index >= 15 is 0 Å². The summed E-state index contributed by atoms with van der Waals surface area (Å²) in [5, 5.41) is 18.9. The first-order chi connectivity index (χ1) is 7.88. The summed E-state index contributed by atoms with van der Waals surface area (Å²) >= 11 is 0. The highest BCUT2D eigenvalue weighted by Gasteiger charge is 2.25. The summed E-state index contributed by atoms with van der Waals surface area (Å²) in [7, 11) is 0. The molecule has 0 aliphatic heterocycles. The number of aliphatic hydroxyl groups is 1. The maximum atomic E-state index is 12.0. The third-order valence-corrected chi connectivity index (χ3v) is 2.32. The summed E-state index contributed by atoms with van der Waals surface area (Å²) in [5.41, 5.74) is -0.404. The van der Waals surface area contributed by atoms with Gasteiger partial charge in [0.15, 0.2) is 0 Å². The molecule has 0 atom stereocenters. The molecule has 88 valence electrons. The first kappa shape index (κ1) is 13.0. The molecule has 0 unspecified atom stereocenters. The van der Waals surface area contributed by atoms with Gasteiger partial charge in [0, 0.05) is 11.0 Å². The second-order valence-corrected chi connectivity index (χ2v) is 4.78. The normalized spacial score (nSPS) is 12.6. The average Bonchev–Trinajstić information content (AvgIpc) is 2.29. The predicted octanol–water partition coefficient (Wildman–Crippen LogP) is 3.25. The van der Waals surface area contributed by atoms with E-state index in [1.165, 1.54) is 0 Å². The Kier molecular flexibility index (Phi) is 3.69. The molecule has 3 nitrogen and oxygen atoms in total. The lowest BCUT2D eigenvalue weighted by molar-refractivity contribution is 0.102. The van der Waals surface area contributed by atoms with Crippen molar-refractivity contribution in [2.45, 2.75) is 20.8 Å². The van der Waals surface area contributed by atoms with Gasteiger partial charge in [-0.05, 0) is 0 Å². The van der Waals surface area contributed by atoms with Crippen molar-refractivity contribution in [2.75, 3.05) is 0 Å². The lowest BCUT2D eigenvalue weighted by Gasteiger charge is -2.18. The van der Waals surface area contributed by atoms with E-state index in [1.807, 2.05) is 0 Å². The quantitative estimate of drug-likeness (QED) is 0.366. The van der Waals surface area contributed by atoms with Gasteiger partial charge < -0.3 is 5.11 Å². The summed E-state index contributed by atoms with van der Waals surface area (Å²) in [6.45, 7) is 5.24. The SMILES string of the molecule is CC(C)(C)C(O)=C(C#N)C(=O)c1ccccc1. The van der Waals surface area contributed by atoms with Crippen LogP contribution in [0.25, 0.3) is 0 Å². The first-order valence-electron chi connectivity index (χ1n) is 5.31. The van der Waals surface area contributed by atoms with Crippen LogP contribution in [-0.4, -0.2) is 10.9 Å². The molecule has 0 radical (unpaired) electrons. The Balaban J connectivity index is 3.24. The molecule has 1 N–H and O–H groups in total. The van der Waals surface area contributed by atoms with Crippen molar-refractivity contribution in [1.82, 2.24) is 0 Å². The van der Waals surface area contributed by atoms with Gasteiger partial charge in [-0.1, -0.05) is 51.1 Å². The van der Waals surface area contributed by atoms with Crippen molar-refractivity contribution in [3.8, 4) is 6.07 Å². The molecule has 0 spiro atoms.